The molecule has 0 amide bonds. The van der Waals surface area contributed by atoms with E-state index in [1.165, 1.54) is 35.7 Å². The average molecular weight is 257 g/mol. The molecule has 1 unspecified atom stereocenters. The molecule has 1 aromatic heterocycles. The van der Waals surface area contributed by atoms with Crippen LogP contribution in [0.15, 0.2) is 30.5 Å². The second-order valence-corrected chi connectivity index (χ2v) is 5.61. The van der Waals surface area contributed by atoms with Gasteiger partial charge in [0, 0.05) is 24.1 Å². The molecule has 0 saturated heterocycles. The van der Waals surface area contributed by atoms with Crippen molar-refractivity contribution in [3.05, 3.63) is 36.0 Å². The van der Waals surface area contributed by atoms with Crippen LogP contribution in [0.3, 0.4) is 0 Å². The fourth-order valence-electron chi connectivity index (χ4n) is 3.23. The lowest BCUT2D eigenvalue weighted by Gasteiger charge is -2.33. The largest absolute Gasteiger partial charge is 0.481 e. The zero-order valence-corrected chi connectivity index (χ0v) is 11.2. The fraction of sp³-hybridized carbons (Fsp3) is 0.438. The van der Waals surface area contributed by atoms with Crippen LogP contribution in [0, 0.1) is 5.92 Å². The summed E-state index contributed by atoms with van der Waals surface area (Å²) in [6.07, 6.45) is 5.95. The van der Waals surface area contributed by atoms with Crippen molar-refractivity contribution in [2.45, 2.75) is 31.6 Å². The van der Waals surface area contributed by atoms with Crippen LogP contribution in [0.4, 0.5) is 0 Å². The Morgan fingerprint density at radius 1 is 1.42 bits per heavy atom. The van der Waals surface area contributed by atoms with E-state index in [-0.39, 0.29) is 12.3 Å². The normalized spacial score (nSPS) is 17.3. The second kappa shape index (κ2) is 4.72. The number of carbonyl (C=O) groups is 1. The highest BCUT2D eigenvalue weighted by Gasteiger charge is 2.31. The number of fused-ring (bicyclic) bond motifs is 1. The van der Waals surface area contributed by atoms with Crippen LogP contribution in [0.25, 0.3) is 10.9 Å². The summed E-state index contributed by atoms with van der Waals surface area (Å²) in [7, 11) is 2.03. The summed E-state index contributed by atoms with van der Waals surface area (Å²) < 4.78 is 2.11. The first-order valence-electron chi connectivity index (χ1n) is 6.92. The molecule has 0 spiro atoms. The average Bonchev–Trinajstić information content (AvgIpc) is 2.64. The number of rotatable bonds is 4. The van der Waals surface area contributed by atoms with E-state index in [1.807, 2.05) is 19.2 Å². The monoisotopic (exact) mass is 257 g/mol. The molecule has 1 N–H and O–H groups in total. The standard InChI is InChI=1S/C16H19NO2/c1-17-10-14(12-7-2-3-8-15(12)17)13(9-16(18)19)11-5-4-6-11/h2-3,7-8,10-11,13H,4-6,9H2,1H3,(H,18,19). The molecule has 1 atom stereocenters. The Hall–Kier alpha value is -1.77. The first-order chi connectivity index (χ1) is 9.16. The topological polar surface area (TPSA) is 42.2 Å². The Balaban J connectivity index is 2.06. The molecule has 0 aliphatic heterocycles. The Kier molecular flexibility index (Phi) is 3.05. The molecule has 19 heavy (non-hydrogen) atoms. The Bertz CT molecular complexity index is 610. The fourth-order valence-corrected chi connectivity index (χ4v) is 3.23. The minimum absolute atomic E-state index is 0.164. The van der Waals surface area contributed by atoms with Gasteiger partial charge in [-0.2, -0.15) is 0 Å². The Labute approximate surface area is 112 Å². The van der Waals surface area contributed by atoms with Gasteiger partial charge in [0.15, 0.2) is 0 Å². The quantitative estimate of drug-likeness (QED) is 0.910. The van der Waals surface area contributed by atoms with Gasteiger partial charge in [-0.05, 0) is 36.3 Å². The van der Waals surface area contributed by atoms with Gasteiger partial charge < -0.3 is 9.67 Å². The molecule has 0 radical (unpaired) electrons. The van der Waals surface area contributed by atoms with Crippen molar-refractivity contribution >= 4 is 16.9 Å². The van der Waals surface area contributed by atoms with E-state index in [0.717, 1.165) is 0 Å². The van der Waals surface area contributed by atoms with Gasteiger partial charge in [-0.3, -0.25) is 4.79 Å². The summed E-state index contributed by atoms with van der Waals surface area (Å²) in [4.78, 5) is 11.2. The van der Waals surface area contributed by atoms with Crippen LogP contribution in [-0.2, 0) is 11.8 Å². The van der Waals surface area contributed by atoms with Gasteiger partial charge >= 0.3 is 5.97 Å². The summed E-state index contributed by atoms with van der Waals surface area (Å²) >= 11 is 0. The molecule has 1 aliphatic rings. The first-order valence-corrected chi connectivity index (χ1v) is 6.92. The van der Waals surface area contributed by atoms with Gasteiger partial charge in [-0.15, -0.1) is 0 Å². The lowest BCUT2D eigenvalue weighted by Crippen LogP contribution is -2.22. The summed E-state index contributed by atoms with van der Waals surface area (Å²) in [5.74, 6) is 0.0177. The van der Waals surface area contributed by atoms with Crippen molar-refractivity contribution in [3.63, 3.8) is 0 Å². The Morgan fingerprint density at radius 3 is 2.79 bits per heavy atom. The summed E-state index contributed by atoms with van der Waals surface area (Å²) in [6.45, 7) is 0. The van der Waals surface area contributed by atoms with Crippen LogP contribution < -0.4 is 0 Å². The van der Waals surface area contributed by atoms with Gasteiger partial charge in [0.05, 0.1) is 6.42 Å². The predicted molar refractivity (Wildman–Crippen MR) is 75.3 cm³/mol. The van der Waals surface area contributed by atoms with Crippen molar-refractivity contribution in [2.24, 2.45) is 13.0 Å². The molecule has 1 aromatic carbocycles. The minimum Gasteiger partial charge on any atom is -0.481 e. The van der Waals surface area contributed by atoms with Crippen LogP contribution in [-0.4, -0.2) is 15.6 Å². The van der Waals surface area contributed by atoms with E-state index in [9.17, 15) is 9.90 Å². The minimum atomic E-state index is -0.690. The van der Waals surface area contributed by atoms with Gasteiger partial charge in [0.2, 0.25) is 0 Å². The second-order valence-electron chi connectivity index (χ2n) is 5.61. The molecule has 1 heterocycles. The summed E-state index contributed by atoms with van der Waals surface area (Å²) in [6, 6.07) is 8.27. The van der Waals surface area contributed by atoms with Gasteiger partial charge in [-0.1, -0.05) is 24.6 Å². The van der Waals surface area contributed by atoms with E-state index >= 15 is 0 Å². The Morgan fingerprint density at radius 2 is 2.16 bits per heavy atom. The number of hydrogen-bond acceptors (Lipinski definition) is 1. The van der Waals surface area contributed by atoms with Crippen LogP contribution >= 0.6 is 0 Å². The number of nitrogens with zero attached hydrogens (tertiary/aromatic N) is 1. The maximum atomic E-state index is 11.2. The number of carboxylic acid groups (broad SMARTS) is 1. The molecular weight excluding hydrogens is 238 g/mol. The van der Waals surface area contributed by atoms with E-state index < -0.39 is 5.97 Å². The SMILES string of the molecule is Cn1cc(C(CC(=O)O)C2CCC2)c2ccccc21. The number of aliphatic carboxylic acids is 1. The molecule has 3 nitrogen and oxygen atoms in total. The molecule has 1 fully saturated rings. The van der Waals surface area contributed by atoms with Crippen molar-refractivity contribution in [1.82, 2.24) is 4.57 Å². The molecule has 0 bridgehead atoms. The lowest BCUT2D eigenvalue weighted by atomic mass is 9.71. The van der Waals surface area contributed by atoms with Crippen molar-refractivity contribution in [3.8, 4) is 0 Å². The van der Waals surface area contributed by atoms with E-state index in [1.54, 1.807) is 0 Å². The lowest BCUT2D eigenvalue weighted by molar-refractivity contribution is -0.138. The van der Waals surface area contributed by atoms with E-state index in [2.05, 4.69) is 22.9 Å². The van der Waals surface area contributed by atoms with Gasteiger partial charge in [0.25, 0.3) is 0 Å². The number of aromatic nitrogens is 1. The van der Waals surface area contributed by atoms with Gasteiger partial charge in [-0.25, -0.2) is 0 Å². The molecule has 2 aromatic rings. The molecule has 100 valence electrons. The van der Waals surface area contributed by atoms with Gasteiger partial charge in [0.1, 0.15) is 0 Å². The van der Waals surface area contributed by atoms with Crippen LogP contribution in [0.1, 0.15) is 37.2 Å². The molecule has 1 saturated carbocycles. The molecule has 1 aliphatic carbocycles. The number of aryl methyl sites for hydroxylation is 1. The third-order valence-electron chi connectivity index (χ3n) is 4.44. The maximum absolute atomic E-state index is 11.2. The van der Waals surface area contributed by atoms with Crippen LogP contribution in [0.5, 0.6) is 0 Å². The zero-order valence-electron chi connectivity index (χ0n) is 11.2. The predicted octanol–water partition coefficient (Wildman–Crippen LogP) is 3.54. The highest BCUT2D eigenvalue weighted by molar-refractivity contribution is 5.85. The third-order valence-corrected chi connectivity index (χ3v) is 4.44. The highest BCUT2D eigenvalue weighted by atomic mass is 16.4. The number of benzene rings is 1. The highest BCUT2D eigenvalue weighted by Crippen LogP contribution is 2.43. The first kappa shape index (κ1) is 12.3. The van der Waals surface area contributed by atoms with Crippen LogP contribution in [0.2, 0.25) is 0 Å². The smallest absolute Gasteiger partial charge is 0.303 e. The number of para-hydroxylation sites is 1. The molecule has 3 heteroatoms. The number of hydrogen-bond donors (Lipinski definition) is 1. The van der Waals surface area contributed by atoms with E-state index in [0.29, 0.717) is 5.92 Å². The van der Waals surface area contributed by atoms with Crippen molar-refractivity contribution in [1.29, 1.82) is 0 Å². The molecular formula is C16H19NO2. The molecule has 3 rings (SSSR count). The van der Waals surface area contributed by atoms with Crippen molar-refractivity contribution < 1.29 is 9.90 Å². The summed E-state index contributed by atoms with van der Waals surface area (Å²) in [5, 5.41) is 10.4. The number of carboxylic acids is 1. The zero-order chi connectivity index (χ0) is 13.4. The summed E-state index contributed by atoms with van der Waals surface area (Å²) in [5.41, 5.74) is 2.40. The maximum Gasteiger partial charge on any atom is 0.303 e. The third kappa shape index (κ3) is 2.14. The van der Waals surface area contributed by atoms with E-state index in [4.69, 9.17) is 0 Å². The van der Waals surface area contributed by atoms with Crippen molar-refractivity contribution in [2.75, 3.05) is 0 Å².